The number of amides is 1. The van der Waals surface area contributed by atoms with Gasteiger partial charge in [0.05, 0.1) is 17.6 Å². The number of nitrogens with zero attached hydrogens (tertiary/aromatic N) is 1. The van der Waals surface area contributed by atoms with E-state index in [2.05, 4.69) is 15.0 Å². The molecule has 0 unspecified atom stereocenters. The molecule has 0 atom stereocenters. The molecule has 1 aromatic rings. The van der Waals surface area contributed by atoms with Crippen molar-refractivity contribution in [3.8, 4) is 0 Å². The molecule has 17 heavy (non-hydrogen) atoms. The topological polar surface area (TPSA) is 77.2 Å². The first-order valence-electron chi connectivity index (χ1n) is 4.52. The van der Waals surface area contributed by atoms with Crippen LogP contribution in [-0.2, 0) is 9.53 Å². The number of aromatic nitrogens is 1. The average Bonchev–Trinajstić information content (AvgIpc) is 2.19. The number of halogens is 3. The van der Waals surface area contributed by atoms with Crippen molar-refractivity contribution in [3.05, 3.63) is 18.5 Å². The van der Waals surface area contributed by atoms with Crippen molar-refractivity contribution in [2.45, 2.75) is 6.18 Å². The zero-order valence-corrected chi connectivity index (χ0v) is 8.62. The van der Waals surface area contributed by atoms with E-state index in [0.29, 0.717) is 0 Å². The molecule has 0 fully saturated rings. The lowest BCUT2D eigenvalue weighted by molar-refractivity contribution is -0.174. The molecule has 0 spiro atoms. The van der Waals surface area contributed by atoms with Crippen LogP contribution in [0.25, 0.3) is 0 Å². The summed E-state index contributed by atoms with van der Waals surface area (Å²) in [5, 5.41) is 2.30. The van der Waals surface area contributed by atoms with E-state index in [0.717, 1.165) is 0 Å². The molecule has 8 heteroatoms. The predicted molar refractivity (Wildman–Crippen MR) is 54.2 cm³/mol. The fraction of sp³-hybridized carbons (Fsp3) is 0.333. The normalized spacial score (nSPS) is 11.2. The monoisotopic (exact) mass is 249 g/mol. The third-order valence-corrected chi connectivity index (χ3v) is 1.62. The number of nitrogens with one attached hydrogen (secondary N) is 1. The predicted octanol–water partition coefficient (Wildman–Crippen LogP) is 1.18. The first kappa shape index (κ1) is 13.2. The van der Waals surface area contributed by atoms with E-state index in [1.165, 1.54) is 18.5 Å². The van der Waals surface area contributed by atoms with Crippen LogP contribution in [-0.4, -0.2) is 30.3 Å². The van der Waals surface area contributed by atoms with Gasteiger partial charge < -0.3 is 15.8 Å². The highest BCUT2D eigenvalue weighted by Gasteiger charge is 2.27. The van der Waals surface area contributed by atoms with Gasteiger partial charge in [-0.1, -0.05) is 0 Å². The number of hydrogen-bond donors (Lipinski definition) is 2. The van der Waals surface area contributed by atoms with Gasteiger partial charge in [0, 0.05) is 6.20 Å². The maximum Gasteiger partial charge on any atom is 0.411 e. The van der Waals surface area contributed by atoms with Gasteiger partial charge in [-0.15, -0.1) is 0 Å². The molecular weight excluding hydrogens is 239 g/mol. The van der Waals surface area contributed by atoms with E-state index in [1.807, 2.05) is 0 Å². The molecule has 0 bridgehead atoms. The van der Waals surface area contributed by atoms with E-state index in [9.17, 15) is 18.0 Å². The Labute approximate surface area is 94.8 Å². The molecule has 1 amide bonds. The molecule has 0 saturated heterocycles. The van der Waals surface area contributed by atoms with Gasteiger partial charge in [0.15, 0.2) is 0 Å². The summed E-state index contributed by atoms with van der Waals surface area (Å²) in [4.78, 5) is 14.9. The summed E-state index contributed by atoms with van der Waals surface area (Å²) in [6.07, 6.45) is -1.75. The third kappa shape index (κ3) is 5.16. The van der Waals surface area contributed by atoms with Crippen LogP contribution in [0.5, 0.6) is 0 Å². The first-order chi connectivity index (χ1) is 7.88. The largest absolute Gasteiger partial charge is 0.411 e. The summed E-state index contributed by atoms with van der Waals surface area (Å²) in [6.45, 7) is -2.16. The molecular formula is C9H10F3N3O2. The molecule has 1 rings (SSSR count). The van der Waals surface area contributed by atoms with Crippen molar-refractivity contribution >= 4 is 17.3 Å². The van der Waals surface area contributed by atoms with Gasteiger partial charge >= 0.3 is 6.18 Å². The Kier molecular flexibility index (Phi) is 4.27. The number of anilines is 2. The molecule has 0 aromatic carbocycles. The van der Waals surface area contributed by atoms with Gasteiger partial charge in [-0.25, -0.2) is 0 Å². The minimum Gasteiger partial charge on any atom is -0.396 e. The van der Waals surface area contributed by atoms with E-state index < -0.39 is 25.3 Å². The molecule has 3 N–H and O–H groups in total. The van der Waals surface area contributed by atoms with Gasteiger partial charge in [0.25, 0.3) is 0 Å². The van der Waals surface area contributed by atoms with Crippen molar-refractivity contribution < 1.29 is 22.7 Å². The highest BCUT2D eigenvalue weighted by molar-refractivity contribution is 5.94. The Bertz CT molecular complexity index is 395. The van der Waals surface area contributed by atoms with Gasteiger partial charge in [0.1, 0.15) is 13.2 Å². The van der Waals surface area contributed by atoms with E-state index in [1.54, 1.807) is 0 Å². The smallest absolute Gasteiger partial charge is 0.396 e. The van der Waals surface area contributed by atoms with Gasteiger partial charge in [-0.3, -0.25) is 9.78 Å². The molecule has 0 saturated carbocycles. The summed E-state index contributed by atoms with van der Waals surface area (Å²) in [6, 6.07) is 1.43. The molecule has 5 nitrogen and oxygen atoms in total. The zero-order valence-electron chi connectivity index (χ0n) is 8.62. The summed E-state index contributed by atoms with van der Waals surface area (Å²) in [5.41, 5.74) is 5.97. The Morgan fingerprint density at radius 3 is 2.82 bits per heavy atom. The Morgan fingerprint density at radius 2 is 2.24 bits per heavy atom. The number of nitrogens with two attached hydrogens (primary N) is 1. The number of nitrogen functional groups attached to an aromatic ring is 1. The number of carbonyl (C=O) groups is 1. The van der Waals surface area contributed by atoms with Gasteiger partial charge in [-0.05, 0) is 6.07 Å². The van der Waals surface area contributed by atoms with Gasteiger partial charge in [0.2, 0.25) is 5.91 Å². The second-order valence-corrected chi connectivity index (χ2v) is 3.12. The molecule has 94 valence electrons. The number of ether oxygens (including phenoxy) is 1. The fourth-order valence-corrected chi connectivity index (χ4v) is 0.966. The van der Waals surface area contributed by atoms with Crippen LogP contribution in [0, 0.1) is 0 Å². The summed E-state index contributed by atoms with van der Waals surface area (Å²) in [5.74, 6) is -0.716. The Balaban J connectivity index is 2.38. The molecule has 1 aromatic heterocycles. The zero-order chi connectivity index (χ0) is 12.9. The SMILES string of the molecule is Nc1cnccc1NC(=O)COCC(F)(F)F. The highest BCUT2D eigenvalue weighted by Crippen LogP contribution is 2.16. The highest BCUT2D eigenvalue weighted by atomic mass is 19.4. The lowest BCUT2D eigenvalue weighted by Gasteiger charge is -2.09. The maximum absolute atomic E-state index is 11.7. The van der Waals surface area contributed by atoms with Crippen LogP contribution in [0.15, 0.2) is 18.5 Å². The summed E-state index contributed by atoms with van der Waals surface area (Å²) >= 11 is 0. The fourth-order valence-electron chi connectivity index (χ4n) is 0.966. The van der Waals surface area contributed by atoms with Crippen molar-refractivity contribution in [1.82, 2.24) is 4.98 Å². The number of hydrogen-bond acceptors (Lipinski definition) is 4. The van der Waals surface area contributed by atoms with Crippen molar-refractivity contribution in [2.75, 3.05) is 24.3 Å². The number of alkyl halides is 3. The molecule has 0 aliphatic rings. The quantitative estimate of drug-likeness (QED) is 0.840. The van der Waals surface area contributed by atoms with E-state index >= 15 is 0 Å². The average molecular weight is 249 g/mol. The standard InChI is InChI=1S/C9H10F3N3O2/c10-9(11,12)5-17-4-8(16)15-7-1-2-14-3-6(7)13/h1-3H,4-5,13H2,(H,14,15,16). The number of rotatable bonds is 4. The van der Waals surface area contributed by atoms with Crippen LogP contribution in [0.4, 0.5) is 24.5 Å². The Hall–Kier alpha value is -1.83. The van der Waals surface area contributed by atoms with Crippen LogP contribution < -0.4 is 11.1 Å². The minimum atomic E-state index is -4.45. The van der Waals surface area contributed by atoms with E-state index in [-0.39, 0.29) is 11.4 Å². The minimum absolute atomic E-state index is 0.219. The van der Waals surface area contributed by atoms with E-state index in [4.69, 9.17) is 5.73 Å². The van der Waals surface area contributed by atoms with Crippen LogP contribution in [0.2, 0.25) is 0 Å². The Morgan fingerprint density at radius 1 is 1.53 bits per heavy atom. The molecule has 1 heterocycles. The van der Waals surface area contributed by atoms with Gasteiger partial charge in [-0.2, -0.15) is 13.2 Å². The molecule has 0 aliphatic heterocycles. The first-order valence-corrected chi connectivity index (χ1v) is 4.52. The second kappa shape index (κ2) is 5.48. The van der Waals surface area contributed by atoms with Crippen LogP contribution >= 0.6 is 0 Å². The molecule has 0 aliphatic carbocycles. The van der Waals surface area contributed by atoms with Crippen LogP contribution in [0.3, 0.4) is 0 Å². The van der Waals surface area contributed by atoms with Crippen molar-refractivity contribution in [3.63, 3.8) is 0 Å². The lowest BCUT2D eigenvalue weighted by atomic mass is 10.3. The summed E-state index contributed by atoms with van der Waals surface area (Å²) < 4.78 is 39.3. The number of carbonyl (C=O) groups excluding carboxylic acids is 1. The maximum atomic E-state index is 11.7. The van der Waals surface area contributed by atoms with Crippen LogP contribution in [0.1, 0.15) is 0 Å². The summed E-state index contributed by atoms with van der Waals surface area (Å²) in [7, 11) is 0. The lowest BCUT2D eigenvalue weighted by Crippen LogP contribution is -2.24. The van der Waals surface area contributed by atoms with Crippen molar-refractivity contribution in [1.29, 1.82) is 0 Å². The van der Waals surface area contributed by atoms with Crippen molar-refractivity contribution in [2.24, 2.45) is 0 Å². The molecule has 0 radical (unpaired) electrons. The third-order valence-electron chi connectivity index (χ3n) is 1.62. The number of pyridine rings is 1. The second-order valence-electron chi connectivity index (χ2n) is 3.12.